The lowest BCUT2D eigenvalue weighted by molar-refractivity contribution is -0.128. The number of nitrogens with zero attached hydrogens (tertiary/aromatic N) is 1. The Hall–Kier alpha value is -1.84. The zero-order valence-corrected chi connectivity index (χ0v) is 10.1. The van der Waals surface area contributed by atoms with Crippen molar-refractivity contribution in [3.8, 4) is 0 Å². The molecule has 1 N–H and O–H groups in total. The van der Waals surface area contributed by atoms with Crippen LogP contribution in [0.4, 0.5) is 0 Å². The van der Waals surface area contributed by atoms with Crippen molar-refractivity contribution in [2.45, 2.75) is 13.8 Å². The van der Waals surface area contributed by atoms with Crippen molar-refractivity contribution in [3.63, 3.8) is 0 Å². The molecule has 0 saturated heterocycles. The molecule has 4 heteroatoms. The van der Waals surface area contributed by atoms with Crippen LogP contribution in [0.3, 0.4) is 0 Å². The molecule has 0 atom stereocenters. The fraction of sp³-hybridized carbons (Fsp3) is 0.308. The van der Waals surface area contributed by atoms with E-state index in [9.17, 15) is 9.59 Å². The first kappa shape index (κ1) is 13.2. The number of hydrogen-bond acceptors (Lipinski definition) is 2. The van der Waals surface area contributed by atoms with Gasteiger partial charge in [0.1, 0.15) is 0 Å². The maximum absolute atomic E-state index is 11.6. The van der Waals surface area contributed by atoms with Gasteiger partial charge in [-0.1, -0.05) is 18.2 Å². The van der Waals surface area contributed by atoms with E-state index in [-0.39, 0.29) is 11.8 Å². The van der Waals surface area contributed by atoms with Gasteiger partial charge in [-0.15, -0.1) is 0 Å². The van der Waals surface area contributed by atoms with Crippen molar-refractivity contribution in [1.29, 1.82) is 0 Å². The molecule has 1 radical (unpaired) electrons. The number of hydrogen-bond donors (Lipinski definition) is 1. The summed E-state index contributed by atoms with van der Waals surface area (Å²) >= 11 is 0. The zero-order valence-electron chi connectivity index (χ0n) is 10.1. The lowest BCUT2D eigenvalue weighted by Crippen LogP contribution is -2.34. The Labute approximate surface area is 102 Å². The van der Waals surface area contributed by atoms with Gasteiger partial charge in [0.05, 0.1) is 6.54 Å². The van der Waals surface area contributed by atoms with E-state index in [1.807, 2.05) is 25.1 Å². The standard InChI is InChI=1S/C13H17N2O2/c1-3-15(11(2)16)10-9-14-13(17)12-7-5-4-6-8-12/h4-9H,3,10H2,1-2H3,(H,14,17). The molecule has 91 valence electrons. The predicted molar refractivity (Wildman–Crippen MR) is 66.1 cm³/mol. The van der Waals surface area contributed by atoms with E-state index < -0.39 is 0 Å². The van der Waals surface area contributed by atoms with Gasteiger partial charge in [0.25, 0.3) is 5.91 Å². The van der Waals surface area contributed by atoms with Gasteiger partial charge in [-0.05, 0) is 19.1 Å². The first-order chi connectivity index (χ1) is 8.15. The van der Waals surface area contributed by atoms with Gasteiger partial charge in [0.2, 0.25) is 5.91 Å². The second-order valence-corrected chi connectivity index (χ2v) is 3.60. The van der Waals surface area contributed by atoms with Crippen LogP contribution < -0.4 is 5.32 Å². The zero-order chi connectivity index (χ0) is 12.7. The molecule has 0 bridgehead atoms. The SMILES string of the molecule is CCN(C[CH]NC(=O)c1ccccc1)C(C)=O. The average molecular weight is 233 g/mol. The topological polar surface area (TPSA) is 49.4 Å². The number of rotatable bonds is 5. The monoisotopic (exact) mass is 233 g/mol. The van der Waals surface area contributed by atoms with Crippen molar-refractivity contribution < 1.29 is 9.59 Å². The van der Waals surface area contributed by atoms with Crippen molar-refractivity contribution in [2.24, 2.45) is 0 Å². The molecule has 0 spiro atoms. The highest BCUT2D eigenvalue weighted by Crippen LogP contribution is 1.98. The number of nitrogens with one attached hydrogen (secondary N) is 1. The second-order valence-electron chi connectivity index (χ2n) is 3.60. The summed E-state index contributed by atoms with van der Waals surface area (Å²) in [6, 6.07) is 8.96. The molecule has 0 aliphatic heterocycles. The van der Waals surface area contributed by atoms with Crippen LogP contribution in [0.5, 0.6) is 0 Å². The molecule has 17 heavy (non-hydrogen) atoms. The highest BCUT2D eigenvalue weighted by Gasteiger charge is 2.07. The highest BCUT2D eigenvalue weighted by molar-refractivity contribution is 5.94. The van der Waals surface area contributed by atoms with Crippen molar-refractivity contribution in [1.82, 2.24) is 10.2 Å². The maximum Gasteiger partial charge on any atom is 0.251 e. The van der Waals surface area contributed by atoms with Gasteiger partial charge < -0.3 is 10.2 Å². The van der Waals surface area contributed by atoms with Crippen LogP contribution in [0, 0.1) is 6.54 Å². The summed E-state index contributed by atoms with van der Waals surface area (Å²) in [7, 11) is 0. The van der Waals surface area contributed by atoms with Crippen LogP contribution in [0.25, 0.3) is 0 Å². The molecule has 0 aliphatic rings. The molecule has 0 unspecified atom stereocenters. The molecule has 1 rings (SSSR count). The van der Waals surface area contributed by atoms with E-state index in [0.717, 1.165) is 0 Å². The van der Waals surface area contributed by atoms with E-state index in [1.165, 1.54) is 6.92 Å². The number of benzene rings is 1. The Bertz CT molecular complexity index is 376. The third kappa shape index (κ3) is 4.26. The number of likely N-dealkylation sites (N-methyl/N-ethyl adjacent to an activating group) is 1. The fourth-order valence-corrected chi connectivity index (χ4v) is 1.40. The van der Waals surface area contributed by atoms with Gasteiger partial charge in [0.15, 0.2) is 0 Å². The third-order valence-corrected chi connectivity index (χ3v) is 2.41. The maximum atomic E-state index is 11.6. The van der Waals surface area contributed by atoms with E-state index in [0.29, 0.717) is 18.7 Å². The molecule has 2 amide bonds. The summed E-state index contributed by atoms with van der Waals surface area (Å²) in [6.07, 6.45) is 0. The Kier molecular flexibility index (Phi) is 5.20. The Morgan fingerprint density at radius 1 is 1.29 bits per heavy atom. The summed E-state index contributed by atoms with van der Waals surface area (Å²) in [5.74, 6) is -0.164. The van der Waals surface area contributed by atoms with Gasteiger partial charge in [0, 0.05) is 25.6 Å². The summed E-state index contributed by atoms with van der Waals surface area (Å²) in [5, 5.41) is 2.66. The Morgan fingerprint density at radius 3 is 2.47 bits per heavy atom. The van der Waals surface area contributed by atoms with Crippen molar-refractivity contribution >= 4 is 11.8 Å². The van der Waals surface area contributed by atoms with Gasteiger partial charge in [-0.2, -0.15) is 0 Å². The highest BCUT2D eigenvalue weighted by atomic mass is 16.2. The third-order valence-electron chi connectivity index (χ3n) is 2.41. The molecule has 0 fully saturated rings. The molecule has 1 aromatic rings. The molecule has 1 aromatic carbocycles. The smallest absolute Gasteiger partial charge is 0.251 e. The van der Waals surface area contributed by atoms with Crippen molar-refractivity contribution in [3.05, 3.63) is 42.4 Å². The van der Waals surface area contributed by atoms with Gasteiger partial charge >= 0.3 is 0 Å². The minimum absolute atomic E-state index is 0.00212. The average Bonchev–Trinajstić information content (AvgIpc) is 2.35. The van der Waals surface area contributed by atoms with Gasteiger partial charge in [-0.3, -0.25) is 9.59 Å². The van der Waals surface area contributed by atoms with Crippen molar-refractivity contribution in [2.75, 3.05) is 13.1 Å². The van der Waals surface area contributed by atoms with E-state index in [2.05, 4.69) is 5.32 Å². The van der Waals surface area contributed by atoms with Crippen LogP contribution in [-0.2, 0) is 4.79 Å². The summed E-state index contributed by atoms with van der Waals surface area (Å²) < 4.78 is 0. The molecular formula is C13H17N2O2. The van der Waals surface area contributed by atoms with Crippen LogP contribution in [0.1, 0.15) is 24.2 Å². The quantitative estimate of drug-likeness (QED) is 0.836. The van der Waals surface area contributed by atoms with Gasteiger partial charge in [-0.25, -0.2) is 0 Å². The van der Waals surface area contributed by atoms with Crippen LogP contribution in [0.15, 0.2) is 30.3 Å². The van der Waals surface area contributed by atoms with Crippen LogP contribution >= 0.6 is 0 Å². The lowest BCUT2D eigenvalue weighted by Gasteiger charge is -2.18. The molecule has 0 aromatic heterocycles. The summed E-state index contributed by atoms with van der Waals surface area (Å²) in [6.45, 7) is 6.06. The molecule has 0 heterocycles. The normalized spacial score (nSPS) is 9.76. The second kappa shape index (κ2) is 6.68. The summed E-state index contributed by atoms with van der Waals surface area (Å²) in [4.78, 5) is 24.4. The minimum atomic E-state index is -0.162. The number of amides is 2. The largest absolute Gasteiger partial charge is 0.345 e. The number of carbonyl (C=O) groups is 2. The Balaban J connectivity index is 2.37. The predicted octanol–water partition coefficient (Wildman–Crippen LogP) is 1.45. The van der Waals surface area contributed by atoms with E-state index in [4.69, 9.17) is 0 Å². The first-order valence-corrected chi connectivity index (χ1v) is 5.58. The van der Waals surface area contributed by atoms with Crippen LogP contribution in [-0.4, -0.2) is 29.8 Å². The molecule has 0 saturated carbocycles. The molecular weight excluding hydrogens is 216 g/mol. The minimum Gasteiger partial charge on any atom is -0.345 e. The Morgan fingerprint density at radius 2 is 1.94 bits per heavy atom. The number of carbonyl (C=O) groups excluding carboxylic acids is 2. The first-order valence-electron chi connectivity index (χ1n) is 5.58. The fourth-order valence-electron chi connectivity index (χ4n) is 1.40. The van der Waals surface area contributed by atoms with E-state index >= 15 is 0 Å². The lowest BCUT2D eigenvalue weighted by atomic mass is 10.2. The summed E-state index contributed by atoms with van der Waals surface area (Å²) in [5.41, 5.74) is 0.606. The molecule has 0 aliphatic carbocycles. The van der Waals surface area contributed by atoms with E-state index in [1.54, 1.807) is 23.6 Å². The van der Waals surface area contributed by atoms with Crippen LogP contribution in [0.2, 0.25) is 0 Å². The molecule has 4 nitrogen and oxygen atoms in total.